The molecule has 4 rings (SSSR count). The number of nitrogens with zero attached hydrogens (tertiary/aromatic N) is 2. The lowest BCUT2D eigenvalue weighted by atomic mass is 9.80. The molecule has 1 aromatic carbocycles. The predicted octanol–water partition coefficient (Wildman–Crippen LogP) is 1.81. The number of aromatic nitrogens is 2. The van der Waals surface area contributed by atoms with Crippen LogP contribution in [0.3, 0.4) is 0 Å². The minimum absolute atomic E-state index is 0.0323. The Hall–Kier alpha value is -2.67. The lowest BCUT2D eigenvalue weighted by Gasteiger charge is -2.44. The van der Waals surface area contributed by atoms with Crippen molar-refractivity contribution in [3.05, 3.63) is 52.6 Å². The van der Waals surface area contributed by atoms with Crippen molar-refractivity contribution >= 4 is 11.8 Å². The van der Waals surface area contributed by atoms with Crippen molar-refractivity contribution in [1.82, 2.24) is 25.5 Å². The molecule has 0 radical (unpaired) electrons. The maximum absolute atomic E-state index is 12.9. The Balaban J connectivity index is 1.37. The number of imidazole rings is 1. The van der Waals surface area contributed by atoms with Gasteiger partial charge < -0.3 is 20.5 Å². The van der Waals surface area contributed by atoms with E-state index in [-0.39, 0.29) is 17.4 Å². The first kappa shape index (κ1) is 19.6. The minimum Gasteiger partial charge on any atom is -0.348 e. The maximum Gasteiger partial charge on any atom is 0.251 e. The van der Waals surface area contributed by atoms with Crippen LogP contribution in [0.5, 0.6) is 0 Å². The Labute approximate surface area is 171 Å². The second-order valence-electron chi connectivity index (χ2n) is 8.31. The lowest BCUT2D eigenvalue weighted by Crippen LogP contribution is -2.57. The van der Waals surface area contributed by atoms with E-state index in [1.54, 1.807) is 19.3 Å². The second kappa shape index (κ2) is 7.63. The monoisotopic (exact) mass is 395 g/mol. The highest BCUT2D eigenvalue weighted by atomic mass is 16.2. The van der Waals surface area contributed by atoms with E-state index >= 15 is 0 Å². The van der Waals surface area contributed by atoms with Gasteiger partial charge in [-0.25, -0.2) is 4.98 Å². The molecule has 1 atom stereocenters. The van der Waals surface area contributed by atoms with Crippen LogP contribution in [0.2, 0.25) is 0 Å². The van der Waals surface area contributed by atoms with Gasteiger partial charge in [0.25, 0.3) is 5.91 Å². The van der Waals surface area contributed by atoms with Gasteiger partial charge in [0.1, 0.15) is 6.04 Å². The van der Waals surface area contributed by atoms with Crippen LogP contribution in [0, 0.1) is 13.8 Å². The topological polar surface area (TPSA) is 90.1 Å². The van der Waals surface area contributed by atoms with Crippen LogP contribution in [-0.2, 0) is 16.8 Å². The Kier molecular flexibility index (Phi) is 5.17. The van der Waals surface area contributed by atoms with Crippen LogP contribution in [0.1, 0.15) is 52.6 Å². The molecule has 0 unspecified atom stereocenters. The minimum atomic E-state index is -0.557. The number of aromatic amines is 1. The first-order chi connectivity index (χ1) is 13.9. The fourth-order valence-corrected chi connectivity index (χ4v) is 4.46. The number of piperidine rings is 1. The van der Waals surface area contributed by atoms with Crippen molar-refractivity contribution in [2.45, 2.75) is 51.6 Å². The summed E-state index contributed by atoms with van der Waals surface area (Å²) < 4.78 is 0. The molecule has 1 aromatic heterocycles. The van der Waals surface area contributed by atoms with E-state index in [0.29, 0.717) is 18.7 Å². The van der Waals surface area contributed by atoms with Crippen LogP contribution in [-0.4, -0.2) is 52.4 Å². The number of rotatable bonds is 3. The molecule has 0 aliphatic carbocycles. The number of fused-ring (bicyclic) bond motifs is 2. The van der Waals surface area contributed by atoms with Gasteiger partial charge in [0, 0.05) is 37.3 Å². The Morgan fingerprint density at radius 2 is 1.97 bits per heavy atom. The van der Waals surface area contributed by atoms with Crippen LogP contribution >= 0.6 is 0 Å². The van der Waals surface area contributed by atoms with Gasteiger partial charge in [0.2, 0.25) is 5.91 Å². The largest absolute Gasteiger partial charge is 0.348 e. The molecule has 154 valence electrons. The molecule has 1 spiro atoms. The average Bonchev–Trinajstić information content (AvgIpc) is 3.20. The first-order valence-corrected chi connectivity index (χ1v) is 10.3. The summed E-state index contributed by atoms with van der Waals surface area (Å²) in [4.78, 5) is 35.1. The SMILES string of the molecule is Cc1ccc(C(=O)N[C@@H](C)C(=O)N2CCC3(CC2)NCCc2[nH]cnc23)cc1C. The predicted molar refractivity (Wildman–Crippen MR) is 111 cm³/mol. The molecular weight excluding hydrogens is 366 g/mol. The number of nitrogens with one attached hydrogen (secondary N) is 3. The Morgan fingerprint density at radius 1 is 1.21 bits per heavy atom. The van der Waals surface area contributed by atoms with Gasteiger partial charge in [0.05, 0.1) is 17.6 Å². The van der Waals surface area contributed by atoms with Crippen molar-refractivity contribution in [3.8, 4) is 0 Å². The molecule has 7 heteroatoms. The van der Waals surface area contributed by atoms with E-state index in [1.165, 1.54) is 5.69 Å². The molecule has 0 bridgehead atoms. The van der Waals surface area contributed by atoms with Gasteiger partial charge in [-0.3, -0.25) is 9.59 Å². The maximum atomic E-state index is 12.9. The smallest absolute Gasteiger partial charge is 0.251 e. The summed E-state index contributed by atoms with van der Waals surface area (Å²) in [5.41, 5.74) is 4.96. The van der Waals surface area contributed by atoms with E-state index in [1.807, 2.05) is 30.9 Å². The van der Waals surface area contributed by atoms with Crippen LogP contribution < -0.4 is 10.6 Å². The molecule has 2 amide bonds. The number of carbonyl (C=O) groups excluding carboxylic acids is 2. The zero-order valence-corrected chi connectivity index (χ0v) is 17.3. The summed E-state index contributed by atoms with van der Waals surface area (Å²) in [6.45, 7) is 7.99. The molecule has 2 aliphatic heterocycles. The number of amides is 2. The zero-order valence-electron chi connectivity index (χ0n) is 17.3. The number of aryl methyl sites for hydroxylation is 2. The summed E-state index contributed by atoms with van der Waals surface area (Å²) in [5, 5.41) is 6.50. The third kappa shape index (κ3) is 3.67. The molecule has 29 heavy (non-hydrogen) atoms. The second-order valence-corrected chi connectivity index (χ2v) is 8.31. The van der Waals surface area contributed by atoms with Gasteiger partial charge in [-0.1, -0.05) is 6.07 Å². The molecule has 3 N–H and O–H groups in total. The number of hydrogen-bond acceptors (Lipinski definition) is 4. The first-order valence-electron chi connectivity index (χ1n) is 10.3. The zero-order chi connectivity index (χ0) is 20.6. The molecule has 7 nitrogen and oxygen atoms in total. The van der Waals surface area contributed by atoms with E-state index in [0.717, 1.165) is 42.6 Å². The Morgan fingerprint density at radius 3 is 2.69 bits per heavy atom. The standard InChI is InChI=1S/C22H29N5O2/c1-14-4-5-17(12-15(14)2)20(28)26-16(3)21(29)27-10-7-22(8-11-27)19-18(6-9-25-22)23-13-24-19/h4-5,12-13,16,25H,6-11H2,1-3H3,(H,23,24)(H,26,28)/t16-/m0/s1. The van der Waals surface area contributed by atoms with Crippen molar-refractivity contribution in [1.29, 1.82) is 0 Å². The molecule has 2 aliphatic rings. The van der Waals surface area contributed by atoms with Gasteiger partial charge >= 0.3 is 0 Å². The molecule has 1 saturated heterocycles. The Bertz CT molecular complexity index is 927. The van der Waals surface area contributed by atoms with E-state index in [4.69, 9.17) is 0 Å². The molecule has 3 heterocycles. The highest BCUT2D eigenvalue weighted by Crippen LogP contribution is 2.35. The lowest BCUT2D eigenvalue weighted by molar-refractivity contribution is -0.134. The number of likely N-dealkylation sites (tertiary alicyclic amines) is 1. The van der Waals surface area contributed by atoms with Crippen LogP contribution in [0.25, 0.3) is 0 Å². The highest BCUT2D eigenvalue weighted by molar-refractivity contribution is 5.97. The number of carbonyl (C=O) groups is 2. The molecule has 1 fully saturated rings. The van der Waals surface area contributed by atoms with Crippen LogP contribution in [0.15, 0.2) is 24.5 Å². The highest BCUT2D eigenvalue weighted by Gasteiger charge is 2.42. The normalized spacial score (nSPS) is 18.9. The third-order valence-corrected chi connectivity index (χ3v) is 6.43. The van der Waals surface area contributed by atoms with E-state index < -0.39 is 6.04 Å². The summed E-state index contributed by atoms with van der Waals surface area (Å²) in [5.74, 6) is -0.243. The number of H-pyrrole nitrogens is 1. The van der Waals surface area contributed by atoms with Gasteiger partial charge in [-0.15, -0.1) is 0 Å². The number of benzene rings is 1. The van der Waals surface area contributed by atoms with Gasteiger partial charge in [-0.05, 0) is 56.9 Å². The van der Waals surface area contributed by atoms with Gasteiger partial charge in [0.15, 0.2) is 0 Å². The van der Waals surface area contributed by atoms with Crippen molar-refractivity contribution in [3.63, 3.8) is 0 Å². The fourth-order valence-electron chi connectivity index (χ4n) is 4.46. The summed E-state index contributed by atoms with van der Waals surface area (Å²) in [6.07, 6.45) is 4.38. The molecule has 2 aromatic rings. The van der Waals surface area contributed by atoms with E-state index in [9.17, 15) is 9.59 Å². The average molecular weight is 396 g/mol. The van der Waals surface area contributed by atoms with Gasteiger partial charge in [-0.2, -0.15) is 0 Å². The van der Waals surface area contributed by atoms with Crippen LogP contribution in [0.4, 0.5) is 0 Å². The third-order valence-electron chi connectivity index (χ3n) is 6.43. The quantitative estimate of drug-likeness (QED) is 0.739. The number of hydrogen-bond donors (Lipinski definition) is 3. The van der Waals surface area contributed by atoms with E-state index in [2.05, 4.69) is 20.6 Å². The fraction of sp³-hybridized carbons (Fsp3) is 0.500. The summed E-state index contributed by atoms with van der Waals surface area (Å²) in [7, 11) is 0. The molecular formula is C22H29N5O2. The van der Waals surface area contributed by atoms with Crippen molar-refractivity contribution in [2.24, 2.45) is 0 Å². The summed E-state index contributed by atoms with van der Waals surface area (Å²) in [6, 6.07) is 5.04. The van der Waals surface area contributed by atoms with Crippen molar-refractivity contribution in [2.75, 3.05) is 19.6 Å². The summed E-state index contributed by atoms with van der Waals surface area (Å²) >= 11 is 0. The molecule has 0 saturated carbocycles. The van der Waals surface area contributed by atoms with Crippen molar-refractivity contribution < 1.29 is 9.59 Å².